The summed E-state index contributed by atoms with van der Waals surface area (Å²) in [4.78, 5) is 40.0. The average molecular weight is 462 g/mol. The van der Waals surface area contributed by atoms with Crippen molar-refractivity contribution in [3.63, 3.8) is 0 Å². The van der Waals surface area contributed by atoms with Crippen LogP contribution in [0.15, 0.2) is 18.2 Å². The van der Waals surface area contributed by atoms with Crippen LogP contribution in [0.5, 0.6) is 0 Å². The van der Waals surface area contributed by atoms with Crippen molar-refractivity contribution in [3.8, 4) is 0 Å². The number of amides is 3. The van der Waals surface area contributed by atoms with E-state index in [0.717, 1.165) is 36.8 Å². The average Bonchev–Trinajstić information content (AvgIpc) is 2.70. The van der Waals surface area contributed by atoms with Gasteiger partial charge in [0, 0.05) is 12.6 Å². The van der Waals surface area contributed by atoms with E-state index < -0.39 is 23.6 Å². The molecule has 0 spiro atoms. The Balaban J connectivity index is 2.28. The van der Waals surface area contributed by atoms with Crippen LogP contribution in [0, 0.1) is 13.8 Å². The van der Waals surface area contributed by atoms with E-state index in [0.29, 0.717) is 5.56 Å². The van der Waals surface area contributed by atoms with Crippen LogP contribution < -0.4 is 10.6 Å². The fourth-order valence-corrected chi connectivity index (χ4v) is 4.24. The Morgan fingerprint density at radius 2 is 1.70 bits per heavy atom. The summed E-state index contributed by atoms with van der Waals surface area (Å²) < 4.78 is 5.20. The number of carbonyl (C=O) groups is 3. The number of aryl methyl sites for hydroxylation is 2. The minimum Gasteiger partial charge on any atom is -0.444 e. The fourth-order valence-electron chi connectivity index (χ4n) is 4.24. The van der Waals surface area contributed by atoms with E-state index in [1.165, 1.54) is 11.3 Å². The van der Waals surface area contributed by atoms with Gasteiger partial charge in [0.25, 0.3) is 0 Å². The van der Waals surface area contributed by atoms with E-state index in [-0.39, 0.29) is 31.6 Å². The van der Waals surface area contributed by atoms with E-state index in [1.807, 2.05) is 32.0 Å². The molecule has 1 aliphatic carbocycles. The predicted molar refractivity (Wildman–Crippen MR) is 127 cm³/mol. The van der Waals surface area contributed by atoms with Crippen molar-refractivity contribution < 1.29 is 24.2 Å². The van der Waals surface area contributed by atoms with Gasteiger partial charge in [0.1, 0.15) is 18.2 Å². The molecule has 184 valence electrons. The van der Waals surface area contributed by atoms with E-state index in [2.05, 4.69) is 10.6 Å². The Hall–Kier alpha value is -2.61. The van der Waals surface area contributed by atoms with Crippen LogP contribution in [-0.2, 0) is 14.3 Å². The third kappa shape index (κ3) is 8.68. The number of nitrogens with zero attached hydrogens (tertiary/aromatic N) is 1. The second-order valence-corrected chi connectivity index (χ2v) is 9.83. The molecule has 1 unspecified atom stereocenters. The van der Waals surface area contributed by atoms with Crippen LogP contribution in [0.1, 0.15) is 75.6 Å². The van der Waals surface area contributed by atoms with Gasteiger partial charge >= 0.3 is 6.09 Å². The standard InChI is InChI=1S/C25H39N3O5/c1-17-13-18(2)15-19(14-17)22(23(31)27-20-9-7-6-8-10-20)28(11-12-29)21(30)16-26-24(32)33-25(3,4)5/h13-15,20,22,29H,6-12,16H2,1-5H3,(H,26,32)(H,27,31). The molecule has 1 aromatic rings. The lowest BCUT2D eigenvalue weighted by Crippen LogP contribution is -2.50. The van der Waals surface area contributed by atoms with Crippen molar-refractivity contribution >= 4 is 17.9 Å². The maximum atomic E-state index is 13.5. The minimum atomic E-state index is -0.911. The Morgan fingerprint density at radius 1 is 1.09 bits per heavy atom. The quantitative estimate of drug-likeness (QED) is 0.551. The first-order valence-electron chi connectivity index (χ1n) is 11.8. The molecule has 8 nitrogen and oxygen atoms in total. The number of hydrogen-bond acceptors (Lipinski definition) is 5. The summed E-state index contributed by atoms with van der Waals surface area (Å²) in [5.41, 5.74) is 1.94. The zero-order chi connectivity index (χ0) is 24.6. The number of carbonyl (C=O) groups excluding carboxylic acids is 3. The fraction of sp³-hybridized carbons (Fsp3) is 0.640. The molecule has 1 saturated carbocycles. The Bertz CT molecular complexity index is 808. The molecule has 33 heavy (non-hydrogen) atoms. The number of ether oxygens (including phenoxy) is 1. The molecule has 1 aromatic carbocycles. The summed E-state index contributed by atoms with van der Waals surface area (Å²) in [6.07, 6.45) is 4.42. The van der Waals surface area contributed by atoms with Gasteiger partial charge in [-0.05, 0) is 53.0 Å². The number of alkyl carbamates (subject to hydrolysis) is 1. The first kappa shape index (κ1) is 26.6. The molecule has 0 radical (unpaired) electrons. The van der Waals surface area contributed by atoms with E-state index in [9.17, 15) is 19.5 Å². The largest absolute Gasteiger partial charge is 0.444 e. The molecule has 0 saturated heterocycles. The van der Waals surface area contributed by atoms with Crippen LogP contribution >= 0.6 is 0 Å². The minimum absolute atomic E-state index is 0.0371. The highest BCUT2D eigenvalue weighted by molar-refractivity contribution is 5.90. The van der Waals surface area contributed by atoms with Crippen LogP contribution in [0.3, 0.4) is 0 Å². The summed E-state index contributed by atoms with van der Waals surface area (Å²) in [6, 6.07) is 4.94. The van der Waals surface area contributed by atoms with Crippen molar-refractivity contribution in [1.82, 2.24) is 15.5 Å². The summed E-state index contributed by atoms with van der Waals surface area (Å²) in [6.45, 7) is 8.39. The van der Waals surface area contributed by atoms with E-state index in [1.54, 1.807) is 20.8 Å². The van der Waals surface area contributed by atoms with Crippen LogP contribution in [0.2, 0.25) is 0 Å². The van der Waals surface area contributed by atoms with E-state index in [4.69, 9.17) is 4.74 Å². The lowest BCUT2D eigenvalue weighted by atomic mass is 9.94. The summed E-state index contributed by atoms with van der Waals surface area (Å²) in [5, 5.41) is 15.3. The zero-order valence-corrected chi connectivity index (χ0v) is 20.6. The predicted octanol–water partition coefficient (Wildman–Crippen LogP) is 3.14. The number of aliphatic hydroxyl groups is 1. The van der Waals surface area contributed by atoms with Gasteiger partial charge in [0.2, 0.25) is 11.8 Å². The maximum absolute atomic E-state index is 13.5. The molecular formula is C25H39N3O5. The van der Waals surface area contributed by atoms with Crippen molar-refractivity contribution in [2.24, 2.45) is 0 Å². The molecule has 3 amide bonds. The van der Waals surface area contributed by atoms with Crippen molar-refractivity contribution in [1.29, 1.82) is 0 Å². The number of aliphatic hydroxyl groups excluding tert-OH is 1. The third-order valence-corrected chi connectivity index (χ3v) is 5.52. The number of benzene rings is 1. The van der Waals surface area contributed by atoms with Crippen molar-refractivity contribution in [2.45, 2.75) is 84.4 Å². The zero-order valence-electron chi connectivity index (χ0n) is 20.6. The Labute approximate surface area is 197 Å². The van der Waals surface area contributed by atoms with Crippen LogP contribution in [0.4, 0.5) is 4.79 Å². The summed E-state index contributed by atoms with van der Waals surface area (Å²) in [7, 11) is 0. The molecule has 3 N–H and O–H groups in total. The topological polar surface area (TPSA) is 108 Å². The molecule has 0 bridgehead atoms. The van der Waals surface area contributed by atoms with Crippen LogP contribution in [0.25, 0.3) is 0 Å². The van der Waals surface area contributed by atoms with E-state index >= 15 is 0 Å². The van der Waals surface area contributed by atoms with Gasteiger partial charge in [0.05, 0.1) is 6.61 Å². The first-order chi connectivity index (χ1) is 15.5. The third-order valence-electron chi connectivity index (χ3n) is 5.52. The van der Waals surface area contributed by atoms with Crippen molar-refractivity contribution in [3.05, 3.63) is 34.9 Å². The van der Waals surface area contributed by atoms with Crippen molar-refractivity contribution in [2.75, 3.05) is 19.7 Å². The highest BCUT2D eigenvalue weighted by Gasteiger charge is 2.33. The Kier molecular flexibility index (Phi) is 9.70. The maximum Gasteiger partial charge on any atom is 0.408 e. The summed E-state index contributed by atoms with van der Waals surface area (Å²) in [5.74, 6) is -0.746. The van der Waals surface area contributed by atoms with Gasteiger partial charge in [-0.2, -0.15) is 0 Å². The molecule has 8 heteroatoms. The molecule has 2 rings (SSSR count). The Morgan fingerprint density at radius 3 is 2.24 bits per heavy atom. The van der Waals surface area contributed by atoms with Gasteiger partial charge in [-0.15, -0.1) is 0 Å². The SMILES string of the molecule is Cc1cc(C)cc(C(C(=O)NC2CCCCC2)N(CCO)C(=O)CNC(=O)OC(C)(C)C)c1. The van der Waals surface area contributed by atoms with Gasteiger partial charge < -0.3 is 25.4 Å². The molecule has 1 aliphatic rings. The summed E-state index contributed by atoms with van der Waals surface area (Å²) >= 11 is 0. The molecule has 0 heterocycles. The second-order valence-electron chi connectivity index (χ2n) is 9.83. The van der Waals surface area contributed by atoms with Gasteiger partial charge in [-0.25, -0.2) is 4.79 Å². The lowest BCUT2D eigenvalue weighted by Gasteiger charge is -2.33. The first-order valence-corrected chi connectivity index (χ1v) is 11.8. The molecule has 0 aliphatic heterocycles. The normalized spacial score (nSPS) is 15.5. The highest BCUT2D eigenvalue weighted by atomic mass is 16.6. The number of rotatable bonds is 8. The molecule has 0 aromatic heterocycles. The molecule has 1 atom stereocenters. The molecule has 1 fully saturated rings. The number of hydrogen-bond donors (Lipinski definition) is 3. The van der Waals surface area contributed by atoms with Gasteiger partial charge in [-0.1, -0.05) is 48.6 Å². The van der Waals surface area contributed by atoms with Gasteiger partial charge in [-0.3, -0.25) is 9.59 Å². The van der Waals surface area contributed by atoms with Gasteiger partial charge in [0.15, 0.2) is 0 Å². The number of nitrogens with one attached hydrogen (secondary N) is 2. The smallest absolute Gasteiger partial charge is 0.408 e. The lowest BCUT2D eigenvalue weighted by molar-refractivity contribution is -0.141. The highest BCUT2D eigenvalue weighted by Crippen LogP contribution is 2.26. The second kappa shape index (κ2) is 12.0. The monoisotopic (exact) mass is 461 g/mol. The molecular weight excluding hydrogens is 422 g/mol. The van der Waals surface area contributed by atoms with Crippen LogP contribution in [-0.4, -0.2) is 59.3 Å².